The third kappa shape index (κ3) is 4.39. The van der Waals surface area contributed by atoms with Gasteiger partial charge in [-0.05, 0) is 51.0 Å². The highest BCUT2D eigenvalue weighted by Gasteiger charge is 2.15. The number of benzene rings is 1. The molecule has 0 radical (unpaired) electrons. The van der Waals surface area contributed by atoms with Gasteiger partial charge in [0.25, 0.3) is 5.91 Å². The smallest absolute Gasteiger partial charge is 0.303 e. The standard InChI is InChI=1S/C19H26N2O4/c1-12(5-8-18(22)23)20-19(24)15-6-7-17-16(11-15)13(2)14(3)21(17)9-10-25-4/h6-7,11-12H,5,8-10H2,1-4H3,(H,20,24)(H,22,23). The number of aromatic nitrogens is 1. The van der Waals surface area contributed by atoms with Crippen molar-refractivity contribution >= 4 is 22.8 Å². The van der Waals surface area contributed by atoms with Gasteiger partial charge in [-0.2, -0.15) is 0 Å². The van der Waals surface area contributed by atoms with E-state index in [-0.39, 0.29) is 18.4 Å². The van der Waals surface area contributed by atoms with Crippen molar-refractivity contribution < 1.29 is 19.4 Å². The Bertz CT molecular complexity index is 779. The number of ether oxygens (including phenoxy) is 1. The largest absolute Gasteiger partial charge is 0.481 e. The quantitative estimate of drug-likeness (QED) is 0.770. The molecule has 0 aliphatic rings. The second-order valence-electron chi connectivity index (χ2n) is 6.39. The van der Waals surface area contributed by atoms with E-state index in [0.29, 0.717) is 18.6 Å². The Morgan fingerprint density at radius 1 is 1.32 bits per heavy atom. The van der Waals surface area contributed by atoms with E-state index in [0.717, 1.165) is 23.0 Å². The van der Waals surface area contributed by atoms with Crippen LogP contribution in [0, 0.1) is 13.8 Å². The number of carbonyl (C=O) groups is 2. The number of carboxylic acid groups (broad SMARTS) is 1. The normalized spacial score (nSPS) is 12.3. The Kier molecular flexibility index (Phi) is 6.20. The maximum absolute atomic E-state index is 12.4. The van der Waals surface area contributed by atoms with E-state index in [4.69, 9.17) is 9.84 Å². The highest BCUT2D eigenvalue weighted by Crippen LogP contribution is 2.26. The van der Waals surface area contributed by atoms with Gasteiger partial charge in [-0.25, -0.2) is 0 Å². The highest BCUT2D eigenvalue weighted by molar-refractivity contribution is 5.99. The average Bonchev–Trinajstić information content (AvgIpc) is 2.82. The fraction of sp³-hybridized carbons (Fsp3) is 0.474. The lowest BCUT2D eigenvalue weighted by molar-refractivity contribution is -0.137. The third-order valence-electron chi connectivity index (χ3n) is 4.59. The predicted molar refractivity (Wildman–Crippen MR) is 97.1 cm³/mol. The van der Waals surface area contributed by atoms with Gasteiger partial charge in [0.05, 0.1) is 6.61 Å². The van der Waals surface area contributed by atoms with Gasteiger partial charge in [0.15, 0.2) is 0 Å². The van der Waals surface area contributed by atoms with Crippen molar-refractivity contribution in [2.24, 2.45) is 0 Å². The molecule has 0 spiro atoms. The van der Waals surface area contributed by atoms with Crippen LogP contribution in [0.4, 0.5) is 0 Å². The number of rotatable bonds is 8. The molecule has 136 valence electrons. The molecule has 6 heteroatoms. The van der Waals surface area contributed by atoms with Gasteiger partial charge in [0.1, 0.15) is 0 Å². The van der Waals surface area contributed by atoms with Gasteiger partial charge < -0.3 is 19.7 Å². The lowest BCUT2D eigenvalue weighted by Crippen LogP contribution is -2.32. The summed E-state index contributed by atoms with van der Waals surface area (Å²) in [5.74, 6) is -1.03. The van der Waals surface area contributed by atoms with Crippen molar-refractivity contribution in [3.8, 4) is 0 Å². The van der Waals surface area contributed by atoms with Crippen LogP contribution in [0.25, 0.3) is 10.9 Å². The number of nitrogens with zero attached hydrogens (tertiary/aromatic N) is 1. The number of aliphatic carboxylic acids is 1. The first-order valence-electron chi connectivity index (χ1n) is 8.46. The van der Waals surface area contributed by atoms with E-state index in [1.54, 1.807) is 7.11 Å². The van der Waals surface area contributed by atoms with Crippen molar-refractivity contribution in [2.75, 3.05) is 13.7 Å². The number of aryl methyl sites for hydroxylation is 1. The van der Waals surface area contributed by atoms with E-state index < -0.39 is 5.97 Å². The van der Waals surface area contributed by atoms with Crippen LogP contribution >= 0.6 is 0 Å². The Morgan fingerprint density at radius 2 is 2.04 bits per heavy atom. The molecule has 6 nitrogen and oxygen atoms in total. The molecule has 1 aromatic carbocycles. The maximum Gasteiger partial charge on any atom is 0.303 e. The molecule has 0 saturated carbocycles. The minimum atomic E-state index is -0.856. The molecule has 2 N–H and O–H groups in total. The summed E-state index contributed by atoms with van der Waals surface area (Å²) in [4.78, 5) is 23.1. The molecule has 25 heavy (non-hydrogen) atoms. The second kappa shape index (κ2) is 8.16. The zero-order valence-electron chi connectivity index (χ0n) is 15.3. The van der Waals surface area contributed by atoms with Gasteiger partial charge in [-0.15, -0.1) is 0 Å². The summed E-state index contributed by atoms with van der Waals surface area (Å²) >= 11 is 0. The van der Waals surface area contributed by atoms with Crippen LogP contribution in [-0.2, 0) is 16.1 Å². The predicted octanol–water partition coefficient (Wildman–Crippen LogP) is 2.89. The Labute approximate surface area is 147 Å². The van der Waals surface area contributed by atoms with Crippen LogP contribution in [0.15, 0.2) is 18.2 Å². The average molecular weight is 346 g/mol. The van der Waals surface area contributed by atoms with E-state index in [1.165, 1.54) is 5.69 Å². The first-order valence-corrected chi connectivity index (χ1v) is 8.46. The molecule has 1 amide bonds. The minimum absolute atomic E-state index is 0.0428. The first-order chi connectivity index (χ1) is 11.8. The lowest BCUT2D eigenvalue weighted by atomic mass is 10.1. The molecule has 1 unspecified atom stereocenters. The van der Waals surface area contributed by atoms with Crippen molar-refractivity contribution in [1.82, 2.24) is 9.88 Å². The van der Waals surface area contributed by atoms with E-state index in [2.05, 4.69) is 23.7 Å². The van der Waals surface area contributed by atoms with Crippen molar-refractivity contribution in [3.63, 3.8) is 0 Å². The molecule has 0 bridgehead atoms. The summed E-state index contributed by atoms with van der Waals surface area (Å²) in [6.45, 7) is 7.34. The SMILES string of the molecule is COCCn1c(C)c(C)c2cc(C(=O)NC(C)CCC(=O)O)ccc21. The van der Waals surface area contributed by atoms with Gasteiger partial charge in [-0.1, -0.05) is 0 Å². The fourth-order valence-corrected chi connectivity index (χ4v) is 2.98. The van der Waals surface area contributed by atoms with Crippen LogP contribution in [0.2, 0.25) is 0 Å². The van der Waals surface area contributed by atoms with Gasteiger partial charge >= 0.3 is 5.97 Å². The number of carbonyl (C=O) groups excluding carboxylic acids is 1. The third-order valence-corrected chi connectivity index (χ3v) is 4.59. The maximum atomic E-state index is 12.4. The highest BCUT2D eigenvalue weighted by atomic mass is 16.5. The second-order valence-corrected chi connectivity index (χ2v) is 6.39. The number of methoxy groups -OCH3 is 1. The number of amides is 1. The van der Waals surface area contributed by atoms with Gasteiger partial charge in [0, 0.05) is 48.3 Å². The van der Waals surface area contributed by atoms with E-state index >= 15 is 0 Å². The van der Waals surface area contributed by atoms with Crippen LogP contribution in [-0.4, -0.2) is 41.3 Å². The molecule has 1 heterocycles. The van der Waals surface area contributed by atoms with Crippen LogP contribution in [0.1, 0.15) is 41.4 Å². The van der Waals surface area contributed by atoms with Crippen molar-refractivity contribution in [3.05, 3.63) is 35.0 Å². The number of hydrogen-bond donors (Lipinski definition) is 2. The van der Waals surface area contributed by atoms with Gasteiger partial charge in [-0.3, -0.25) is 9.59 Å². The Balaban J connectivity index is 2.21. The number of fused-ring (bicyclic) bond motifs is 1. The number of hydrogen-bond acceptors (Lipinski definition) is 3. The molecule has 2 aromatic rings. The summed E-state index contributed by atoms with van der Waals surface area (Å²) in [5, 5.41) is 12.6. The molecule has 0 fully saturated rings. The van der Waals surface area contributed by atoms with E-state index in [1.807, 2.05) is 25.1 Å². The van der Waals surface area contributed by atoms with Gasteiger partial charge in [0.2, 0.25) is 0 Å². The van der Waals surface area contributed by atoms with Crippen LogP contribution in [0.3, 0.4) is 0 Å². The van der Waals surface area contributed by atoms with Crippen molar-refractivity contribution in [1.29, 1.82) is 0 Å². The topological polar surface area (TPSA) is 80.6 Å². The Morgan fingerprint density at radius 3 is 2.68 bits per heavy atom. The molecule has 0 saturated heterocycles. The van der Waals surface area contributed by atoms with Crippen LogP contribution in [0.5, 0.6) is 0 Å². The first kappa shape index (κ1) is 19.0. The number of carboxylic acids is 1. The molecular weight excluding hydrogens is 320 g/mol. The van der Waals surface area contributed by atoms with Crippen molar-refractivity contribution in [2.45, 2.75) is 46.2 Å². The van der Waals surface area contributed by atoms with E-state index in [9.17, 15) is 9.59 Å². The molecule has 0 aliphatic carbocycles. The zero-order valence-corrected chi connectivity index (χ0v) is 15.3. The molecule has 1 aromatic heterocycles. The fourth-order valence-electron chi connectivity index (χ4n) is 2.98. The minimum Gasteiger partial charge on any atom is -0.481 e. The molecule has 2 rings (SSSR count). The number of nitrogens with one attached hydrogen (secondary N) is 1. The summed E-state index contributed by atoms with van der Waals surface area (Å²) in [6, 6.07) is 5.49. The summed E-state index contributed by atoms with van der Waals surface area (Å²) in [5.41, 5.74) is 3.99. The monoisotopic (exact) mass is 346 g/mol. The lowest BCUT2D eigenvalue weighted by Gasteiger charge is -2.13. The Hall–Kier alpha value is -2.34. The molecule has 0 aliphatic heterocycles. The zero-order chi connectivity index (χ0) is 18.6. The summed E-state index contributed by atoms with van der Waals surface area (Å²) in [7, 11) is 1.68. The summed E-state index contributed by atoms with van der Waals surface area (Å²) in [6.07, 6.45) is 0.454. The van der Waals surface area contributed by atoms with Crippen LogP contribution < -0.4 is 5.32 Å². The summed E-state index contributed by atoms with van der Waals surface area (Å²) < 4.78 is 7.38. The molecule has 1 atom stereocenters. The molecular formula is C19H26N2O4.